The lowest BCUT2D eigenvalue weighted by atomic mass is 9.86. The minimum absolute atomic E-state index is 0.364. The maximum atomic E-state index is 3.84. The van der Waals surface area contributed by atoms with E-state index in [9.17, 15) is 0 Å². The molecule has 0 amide bonds. The van der Waals surface area contributed by atoms with Gasteiger partial charge in [0.15, 0.2) is 0 Å². The van der Waals surface area contributed by atoms with Crippen molar-refractivity contribution in [3.05, 3.63) is 0 Å². The van der Waals surface area contributed by atoms with Gasteiger partial charge in [-0.1, -0.05) is 26.2 Å². The summed E-state index contributed by atoms with van der Waals surface area (Å²) in [5.74, 6) is 1.01. The van der Waals surface area contributed by atoms with E-state index in [0.717, 1.165) is 18.0 Å². The molecule has 104 valence electrons. The van der Waals surface area contributed by atoms with Crippen molar-refractivity contribution in [3.63, 3.8) is 0 Å². The first kappa shape index (κ1) is 12.9. The fourth-order valence-corrected chi connectivity index (χ4v) is 4.01. The highest BCUT2D eigenvalue weighted by Gasteiger charge is 2.44. The number of hydrogen-bond donors (Lipinski definition) is 1. The Morgan fingerprint density at radius 3 is 2.44 bits per heavy atom. The van der Waals surface area contributed by atoms with Gasteiger partial charge in [0.2, 0.25) is 0 Å². The highest BCUT2D eigenvalue weighted by molar-refractivity contribution is 5.01. The molecule has 2 nitrogen and oxygen atoms in total. The fourth-order valence-electron chi connectivity index (χ4n) is 4.01. The SMILES string of the molecule is CCC1(C)CN(C2CCCCC2)C(C2CC2)CN1. The third-order valence-electron chi connectivity index (χ3n) is 5.69. The van der Waals surface area contributed by atoms with E-state index in [1.54, 1.807) is 0 Å². The van der Waals surface area contributed by atoms with Crippen molar-refractivity contribution < 1.29 is 0 Å². The molecule has 3 fully saturated rings. The van der Waals surface area contributed by atoms with Crippen LogP contribution in [-0.2, 0) is 0 Å². The smallest absolute Gasteiger partial charge is 0.0278 e. The van der Waals surface area contributed by atoms with Crippen molar-refractivity contribution >= 4 is 0 Å². The average molecular weight is 250 g/mol. The predicted molar refractivity (Wildman–Crippen MR) is 76.8 cm³/mol. The first-order chi connectivity index (χ1) is 8.72. The van der Waals surface area contributed by atoms with Crippen molar-refractivity contribution in [2.45, 2.75) is 82.8 Å². The van der Waals surface area contributed by atoms with Gasteiger partial charge in [-0.3, -0.25) is 4.90 Å². The molecule has 2 saturated carbocycles. The first-order valence-corrected chi connectivity index (χ1v) is 8.22. The Morgan fingerprint density at radius 2 is 1.83 bits per heavy atom. The van der Waals surface area contributed by atoms with E-state index in [0.29, 0.717) is 5.54 Å². The topological polar surface area (TPSA) is 15.3 Å². The molecule has 18 heavy (non-hydrogen) atoms. The van der Waals surface area contributed by atoms with E-state index < -0.39 is 0 Å². The van der Waals surface area contributed by atoms with Gasteiger partial charge >= 0.3 is 0 Å². The molecule has 0 aromatic heterocycles. The van der Waals surface area contributed by atoms with Crippen molar-refractivity contribution in [1.29, 1.82) is 0 Å². The quantitative estimate of drug-likeness (QED) is 0.827. The van der Waals surface area contributed by atoms with Crippen LogP contribution in [0.25, 0.3) is 0 Å². The summed E-state index contributed by atoms with van der Waals surface area (Å²) >= 11 is 0. The second kappa shape index (κ2) is 5.13. The zero-order chi connectivity index (χ0) is 12.6. The minimum Gasteiger partial charge on any atom is -0.309 e. The van der Waals surface area contributed by atoms with Crippen LogP contribution in [0.2, 0.25) is 0 Å². The van der Waals surface area contributed by atoms with Crippen LogP contribution >= 0.6 is 0 Å². The van der Waals surface area contributed by atoms with Crippen LogP contribution in [-0.4, -0.2) is 35.6 Å². The Labute approximate surface area is 113 Å². The number of piperazine rings is 1. The average Bonchev–Trinajstić information content (AvgIpc) is 3.24. The summed E-state index contributed by atoms with van der Waals surface area (Å²) < 4.78 is 0. The third kappa shape index (κ3) is 2.60. The van der Waals surface area contributed by atoms with Crippen LogP contribution in [0, 0.1) is 5.92 Å². The maximum absolute atomic E-state index is 3.84. The second-order valence-corrected chi connectivity index (χ2v) is 7.16. The van der Waals surface area contributed by atoms with Gasteiger partial charge in [-0.05, 0) is 44.9 Å². The van der Waals surface area contributed by atoms with Gasteiger partial charge in [0.25, 0.3) is 0 Å². The van der Waals surface area contributed by atoms with E-state index in [-0.39, 0.29) is 0 Å². The lowest BCUT2D eigenvalue weighted by Gasteiger charge is -2.50. The molecule has 0 radical (unpaired) electrons. The number of hydrogen-bond acceptors (Lipinski definition) is 2. The number of nitrogens with zero attached hydrogens (tertiary/aromatic N) is 1. The van der Waals surface area contributed by atoms with Gasteiger partial charge in [0.05, 0.1) is 0 Å². The molecule has 2 aliphatic carbocycles. The van der Waals surface area contributed by atoms with E-state index in [1.165, 1.54) is 64.5 Å². The number of rotatable bonds is 3. The van der Waals surface area contributed by atoms with Crippen LogP contribution in [0.15, 0.2) is 0 Å². The maximum Gasteiger partial charge on any atom is 0.0278 e. The van der Waals surface area contributed by atoms with Crippen LogP contribution in [0.1, 0.15) is 65.2 Å². The predicted octanol–water partition coefficient (Wildman–Crippen LogP) is 3.17. The molecule has 1 N–H and O–H groups in total. The standard InChI is InChI=1S/C16H30N2/c1-3-16(2)12-18(14-7-5-4-6-8-14)15(11-17-16)13-9-10-13/h13-15,17H,3-12H2,1-2H3. The molecule has 0 aromatic rings. The summed E-state index contributed by atoms with van der Waals surface area (Å²) in [5.41, 5.74) is 0.364. The number of nitrogens with one attached hydrogen (secondary N) is 1. The van der Waals surface area contributed by atoms with Gasteiger partial charge in [-0.2, -0.15) is 0 Å². The normalized spacial score (nSPS) is 40.0. The third-order valence-corrected chi connectivity index (χ3v) is 5.69. The molecular weight excluding hydrogens is 220 g/mol. The van der Waals surface area contributed by atoms with Gasteiger partial charge in [0, 0.05) is 30.7 Å². The highest BCUT2D eigenvalue weighted by atomic mass is 15.3. The van der Waals surface area contributed by atoms with E-state index in [4.69, 9.17) is 0 Å². The molecule has 2 heteroatoms. The van der Waals surface area contributed by atoms with E-state index in [1.807, 2.05) is 0 Å². The molecule has 3 rings (SSSR count). The van der Waals surface area contributed by atoms with Crippen molar-refractivity contribution in [2.75, 3.05) is 13.1 Å². The fraction of sp³-hybridized carbons (Fsp3) is 1.00. The van der Waals surface area contributed by atoms with Crippen LogP contribution in [0.3, 0.4) is 0 Å². The molecule has 3 aliphatic rings. The van der Waals surface area contributed by atoms with Crippen LogP contribution in [0.5, 0.6) is 0 Å². The monoisotopic (exact) mass is 250 g/mol. The molecule has 0 bridgehead atoms. The molecule has 1 heterocycles. The molecule has 1 aliphatic heterocycles. The van der Waals surface area contributed by atoms with Gasteiger partial charge in [-0.25, -0.2) is 0 Å². The van der Waals surface area contributed by atoms with Crippen LogP contribution < -0.4 is 5.32 Å². The second-order valence-electron chi connectivity index (χ2n) is 7.16. The zero-order valence-electron chi connectivity index (χ0n) is 12.3. The summed E-state index contributed by atoms with van der Waals surface area (Å²) in [5, 5.41) is 3.84. The Balaban J connectivity index is 1.71. The molecule has 2 atom stereocenters. The van der Waals surface area contributed by atoms with Crippen molar-refractivity contribution in [2.24, 2.45) is 5.92 Å². The Bertz CT molecular complexity index is 281. The summed E-state index contributed by atoms with van der Waals surface area (Å²) in [6.45, 7) is 7.29. The Hall–Kier alpha value is -0.0800. The summed E-state index contributed by atoms with van der Waals surface area (Å²) in [6, 6.07) is 1.75. The van der Waals surface area contributed by atoms with Crippen molar-refractivity contribution in [1.82, 2.24) is 10.2 Å². The molecule has 0 spiro atoms. The minimum atomic E-state index is 0.364. The largest absolute Gasteiger partial charge is 0.309 e. The molecular formula is C16H30N2. The molecule has 0 aromatic carbocycles. The lowest BCUT2D eigenvalue weighted by Crippen LogP contribution is -2.65. The first-order valence-electron chi connectivity index (χ1n) is 8.22. The van der Waals surface area contributed by atoms with Gasteiger partial charge in [-0.15, -0.1) is 0 Å². The summed E-state index contributed by atoms with van der Waals surface area (Å²) in [6.07, 6.45) is 11.6. The summed E-state index contributed by atoms with van der Waals surface area (Å²) in [7, 11) is 0. The lowest BCUT2D eigenvalue weighted by molar-refractivity contribution is 0.0216. The van der Waals surface area contributed by atoms with Gasteiger partial charge < -0.3 is 5.32 Å². The molecule has 2 unspecified atom stereocenters. The molecule has 1 saturated heterocycles. The Kier molecular flexibility index (Phi) is 3.68. The van der Waals surface area contributed by atoms with Crippen molar-refractivity contribution in [3.8, 4) is 0 Å². The zero-order valence-corrected chi connectivity index (χ0v) is 12.3. The highest BCUT2D eigenvalue weighted by Crippen LogP contribution is 2.40. The Morgan fingerprint density at radius 1 is 1.11 bits per heavy atom. The van der Waals surface area contributed by atoms with E-state index >= 15 is 0 Å². The van der Waals surface area contributed by atoms with Crippen LogP contribution in [0.4, 0.5) is 0 Å². The van der Waals surface area contributed by atoms with Gasteiger partial charge in [0.1, 0.15) is 0 Å². The van der Waals surface area contributed by atoms with E-state index in [2.05, 4.69) is 24.1 Å². The summed E-state index contributed by atoms with van der Waals surface area (Å²) in [4.78, 5) is 2.93.